The van der Waals surface area contributed by atoms with Crippen LogP contribution in [0.3, 0.4) is 0 Å². The van der Waals surface area contributed by atoms with E-state index in [9.17, 15) is 25.0 Å². The molecule has 2 aromatic rings. The Kier molecular flexibility index (Phi) is 6.38. The third-order valence-electron chi connectivity index (χ3n) is 5.23. The van der Waals surface area contributed by atoms with E-state index in [4.69, 9.17) is 0 Å². The molecule has 30 heavy (non-hydrogen) atoms. The Hall–Kier alpha value is -3.37. The Morgan fingerprint density at radius 3 is 2.23 bits per heavy atom. The van der Waals surface area contributed by atoms with E-state index in [2.05, 4.69) is 22.2 Å². The molecule has 1 saturated heterocycles. The van der Waals surface area contributed by atoms with Crippen LogP contribution in [0.2, 0.25) is 0 Å². The van der Waals surface area contributed by atoms with E-state index in [1.165, 1.54) is 6.92 Å². The van der Waals surface area contributed by atoms with Crippen molar-refractivity contribution in [1.82, 2.24) is 9.80 Å². The predicted molar refractivity (Wildman–Crippen MR) is 112 cm³/mol. The molecule has 2 aromatic carbocycles. The second kappa shape index (κ2) is 8.97. The number of hydrogen-bond donors (Lipinski definition) is 1. The molecule has 1 heterocycles. The second-order valence-corrected chi connectivity index (χ2v) is 7.38. The first kappa shape index (κ1) is 21.3. The second-order valence-electron chi connectivity index (χ2n) is 7.38. The number of anilines is 1. The van der Waals surface area contributed by atoms with E-state index in [0.29, 0.717) is 5.69 Å². The minimum Gasteiger partial charge on any atom is -0.322 e. The van der Waals surface area contributed by atoms with E-state index in [1.54, 1.807) is 12.1 Å². The number of hydrogen-bond acceptors (Lipinski definition) is 7. The third-order valence-corrected chi connectivity index (χ3v) is 5.23. The summed E-state index contributed by atoms with van der Waals surface area (Å²) in [5.74, 6) is -0.633. The summed E-state index contributed by atoms with van der Waals surface area (Å²) in [5, 5.41) is 24.9. The number of non-ortho nitro benzene ring substituents is 1. The van der Waals surface area contributed by atoms with Gasteiger partial charge in [-0.2, -0.15) is 0 Å². The lowest BCUT2D eigenvalue weighted by Gasteiger charge is -2.32. The summed E-state index contributed by atoms with van der Waals surface area (Å²) in [6.45, 7) is 6.28. The van der Waals surface area contributed by atoms with Crippen LogP contribution in [0.5, 0.6) is 0 Å². The van der Waals surface area contributed by atoms with Gasteiger partial charge >= 0.3 is 0 Å². The molecule has 0 radical (unpaired) electrons. The topological polar surface area (TPSA) is 122 Å². The van der Waals surface area contributed by atoms with Crippen molar-refractivity contribution < 1.29 is 14.6 Å². The van der Waals surface area contributed by atoms with Crippen LogP contribution >= 0.6 is 0 Å². The van der Waals surface area contributed by atoms with Gasteiger partial charge in [-0.1, -0.05) is 12.1 Å². The molecule has 158 valence electrons. The lowest BCUT2D eigenvalue weighted by molar-refractivity contribution is -0.394. The van der Waals surface area contributed by atoms with Gasteiger partial charge in [0.05, 0.1) is 21.5 Å². The SMILES string of the molecule is Cc1c(C(=O)Nc2ccc(CN3CCN(C)CC3)cc2)cc([N+](=O)[O-])cc1[N+](=O)[O-]. The van der Waals surface area contributed by atoms with Gasteiger partial charge < -0.3 is 10.2 Å². The maximum absolute atomic E-state index is 12.6. The number of nitrogens with zero attached hydrogens (tertiary/aromatic N) is 4. The molecule has 0 atom stereocenters. The van der Waals surface area contributed by atoms with Crippen LogP contribution in [0.1, 0.15) is 21.5 Å². The number of likely N-dealkylation sites (N-methyl/N-ethyl adjacent to an activating group) is 1. The fourth-order valence-electron chi connectivity index (χ4n) is 3.37. The number of benzene rings is 2. The molecule has 0 spiro atoms. The van der Waals surface area contributed by atoms with E-state index in [0.717, 1.165) is 50.4 Å². The fourth-order valence-corrected chi connectivity index (χ4v) is 3.37. The van der Waals surface area contributed by atoms with Crippen molar-refractivity contribution in [2.75, 3.05) is 38.5 Å². The number of nitrogens with one attached hydrogen (secondary N) is 1. The summed E-state index contributed by atoms with van der Waals surface area (Å²) in [7, 11) is 2.10. The van der Waals surface area contributed by atoms with Gasteiger partial charge in [-0.3, -0.25) is 29.9 Å². The monoisotopic (exact) mass is 413 g/mol. The summed E-state index contributed by atoms with van der Waals surface area (Å²) in [6, 6.07) is 9.25. The standard InChI is InChI=1S/C20H23N5O5/c1-14-18(11-17(24(27)28)12-19(14)25(29)30)20(26)21-16-5-3-15(4-6-16)13-23-9-7-22(2)8-10-23/h3-6,11-12H,7-10,13H2,1-2H3,(H,21,26). The van der Waals surface area contributed by atoms with E-state index >= 15 is 0 Å². The first-order chi connectivity index (χ1) is 14.2. The molecule has 3 rings (SSSR count). The first-order valence-electron chi connectivity index (χ1n) is 9.49. The smallest absolute Gasteiger partial charge is 0.279 e. The molecule has 0 unspecified atom stereocenters. The molecule has 0 aliphatic carbocycles. The number of amides is 1. The zero-order chi connectivity index (χ0) is 21.8. The lowest BCUT2D eigenvalue weighted by atomic mass is 10.0. The van der Waals surface area contributed by atoms with Crippen molar-refractivity contribution in [3.05, 3.63) is 73.3 Å². The normalized spacial score (nSPS) is 15.0. The molecule has 1 aliphatic rings. The number of carbonyl (C=O) groups excluding carboxylic acids is 1. The average molecular weight is 413 g/mol. The molecule has 1 fully saturated rings. The molecule has 10 nitrogen and oxygen atoms in total. The van der Waals surface area contributed by atoms with Gasteiger partial charge in [0.15, 0.2) is 0 Å². The summed E-state index contributed by atoms with van der Waals surface area (Å²) in [4.78, 5) is 38.1. The molecule has 0 aromatic heterocycles. The van der Waals surface area contributed by atoms with Gasteiger partial charge in [0.2, 0.25) is 0 Å². The Morgan fingerprint density at radius 1 is 1.03 bits per heavy atom. The highest BCUT2D eigenvalue weighted by molar-refractivity contribution is 6.06. The molecule has 0 bridgehead atoms. The lowest BCUT2D eigenvalue weighted by Crippen LogP contribution is -2.43. The Balaban J connectivity index is 1.73. The van der Waals surface area contributed by atoms with E-state index < -0.39 is 27.1 Å². The number of nitro benzene ring substituents is 2. The number of nitro groups is 2. The number of piperazine rings is 1. The number of rotatable bonds is 6. The van der Waals surface area contributed by atoms with Gasteiger partial charge in [0.25, 0.3) is 17.3 Å². The van der Waals surface area contributed by atoms with Crippen molar-refractivity contribution in [2.45, 2.75) is 13.5 Å². The predicted octanol–water partition coefficient (Wildman–Crippen LogP) is 2.81. The molecular formula is C20H23N5O5. The van der Waals surface area contributed by atoms with Gasteiger partial charge in [-0.15, -0.1) is 0 Å². The molecule has 1 amide bonds. The summed E-state index contributed by atoms with van der Waals surface area (Å²) in [5.41, 5.74) is 0.638. The summed E-state index contributed by atoms with van der Waals surface area (Å²) < 4.78 is 0. The van der Waals surface area contributed by atoms with Crippen LogP contribution in [0.15, 0.2) is 36.4 Å². The van der Waals surface area contributed by atoms with Crippen LogP contribution in [0, 0.1) is 27.2 Å². The molecule has 0 saturated carbocycles. The van der Waals surface area contributed by atoms with Crippen molar-refractivity contribution >= 4 is 23.0 Å². The van der Waals surface area contributed by atoms with Gasteiger partial charge in [0, 0.05) is 50.0 Å². The van der Waals surface area contributed by atoms with Gasteiger partial charge in [0.1, 0.15) is 0 Å². The van der Waals surface area contributed by atoms with Crippen LogP contribution in [0.25, 0.3) is 0 Å². The third kappa shape index (κ3) is 4.97. The van der Waals surface area contributed by atoms with Crippen molar-refractivity contribution in [2.24, 2.45) is 0 Å². The largest absolute Gasteiger partial charge is 0.322 e. The Morgan fingerprint density at radius 2 is 1.67 bits per heavy atom. The zero-order valence-electron chi connectivity index (χ0n) is 16.8. The van der Waals surface area contributed by atoms with Crippen LogP contribution in [-0.2, 0) is 6.54 Å². The molecule has 1 N–H and O–H groups in total. The van der Waals surface area contributed by atoms with E-state index in [-0.39, 0.29) is 11.1 Å². The zero-order valence-corrected chi connectivity index (χ0v) is 16.8. The minimum atomic E-state index is -0.754. The van der Waals surface area contributed by atoms with Crippen LogP contribution < -0.4 is 5.32 Å². The Labute approximate surface area is 173 Å². The summed E-state index contributed by atoms with van der Waals surface area (Å²) in [6.07, 6.45) is 0. The van der Waals surface area contributed by atoms with E-state index in [1.807, 2.05) is 12.1 Å². The summed E-state index contributed by atoms with van der Waals surface area (Å²) >= 11 is 0. The maximum Gasteiger partial charge on any atom is 0.279 e. The quantitative estimate of drug-likeness (QED) is 0.571. The van der Waals surface area contributed by atoms with Crippen molar-refractivity contribution in [1.29, 1.82) is 0 Å². The highest BCUT2D eigenvalue weighted by Gasteiger charge is 2.24. The average Bonchev–Trinajstić information content (AvgIpc) is 2.70. The van der Waals surface area contributed by atoms with Gasteiger partial charge in [-0.05, 0) is 31.7 Å². The minimum absolute atomic E-state index is 0.0785. The fraction of sp³-hybridized carbons (Fsp3) is 0.350. The van der Waals surface area contributed by atoms with Crippen molar-refractivity contribution in [3.8, 4) is 0 Å². The molecular weight excluding hydrogens is 390 g/mol. The Bertz CT molecular complexity index is 968. The van der Waals surface area contributed by atoms with Crippen molar-refractivity contribution in [3.63, 3.8) is 0 Å². The molecule has 10 heteroatoms. The maximum atomic E-state index is 12.6. The highest BCUT2D eigenvalue weighted by Crippen LogP contribution is 2.28. The van der Waals surface area contributed by atoms with Gasteiger partial charge in [-0.25, -0.2) is 0 Å². The van der Waals surface area contributed by atoms with Crippen LogP contribution in [0.4, 0.5) is 17.1 Å². The number of carbonyl (C=O) groups is 1. The van der Waals surface area contributed by atoms with Crippen LogP contribution in [-0.4, -0.2) is 58.8 Å². The highest BCUT2D eigenvalue weighted by atomic mass is 16.6. The molecule has 1 aliphatic heterocycles. The first-order valence-corrected chi connectivity index (χ1v) is 9.49.